The highest BCUT2D eigenvalue weighted by molar-refractivity contribution is 5.85. The summed E-state index contributed by atoms with van der Waals surface area (Å²) in [4.78, 5) is 23.3. The minimum absolute atomic E-state index is 0. The molecule has 24 heavy (non-hydrogen) atoms. The Morgan fingerprint density at radius 3 is 2.29 bits per heavy atom. The van der Waals surface area contributed by atoms with Gasteiger partial charge in [0.2, 0.25) is 5.91 Å². The number of amides is 1. The lowest BCUT2D eigenvalue weighted by Crippen LogP contribution is -2.44. The molecule has 0 spiro atoms. The van der Waals surface area contributed by atoms with Crippen LogP contribution in [-0.4, -0.2) is 29.6 Å². The first-order chi connectivity index (χ1) is 10.9. The molecule has 5 nitrogen and oxygen atoms in total. The highest BCUT2D eigenvalue weighted by Gasteiger charge is 2.19. The van der Waals surface area contributed by atoms with Crippen molar-refractivity contribution >= 4 is 24.3 Å². The van der Waals surface area contributed by atoms with E-state index in [1.807, 2.05) is 37.3 Å². The van der Waals surface area contributed by atoms with E-state index in [-0.39, 0.29) is 30.9 Å². The Morgan fingerprint density at radius 2 is 1.79 bits per heavy atom. The zero-order valence-electron chi connectivity index (χ0n) is 14.6. The Morgan fingerprint density at radius 1 is 1.17 bits per heavy atom. The van der Waals surface area contributed by atoms with Gasteiger partial charge in [0.25, 0.3) is 0 Å². The van der Waals surface area contributed by atoms with E-state index >= 15 is 0 Å². The number of carboxylic acid groups (broad SMARTS) is 1. The van der Waals surface area contributed by atoms with Crippen molar-refractivity contribution in [3.05, 3.63) is 35.9 Å². The van der Waals surface area contributed by atoms with E-state index in [0.29, 0.717) is 12.3 Å². The minimum atomic E-state index is -0.915. The summed E-state index contributed by atoms with van der Waals surface area (Å²) in [6.45, 7) is 6.16. The summed E-state index contributed by atoms with van der Waals surface area (Å²) in [6, 6.07) is 9.12. The maximum Gasteiger partial charge on any atom is 0.320 e. The second-order valence-corrected chi connectivity index (χ2v) is 6.22. The van der Waals surface area contributed by atoms with Gasteiger partial charge in [0, 0.05) is 0 Å². The molecule has 0 bridgehead atoms. The molecule has 6 heteroatoms. The number of carboxylic acids is 1. The van der Waals surface area contributed by atoms with Crippen LogP contribution in [0.5, 0.6) is 0 Å². The van der Waals surface area contributed by atoms with Crippen LogP contribution in [0, 0.1) is 5.92 Å². The topological polar surface area (TPSA) is 78.4 Å². The Kier molecular flexibility index (Phi) is 11.1. The molecule has 1 aromatic carbocycles. The molecule has 0 aliphatic carbocycles. The van der Waals surface area contributed by atoms with Crippen LogP contribution < -0.4 is 10.6 Å². The van der Waals surface area contributed by atoms with Gasteiger partial charge >= 0.3 is 5.97 Å². The molecule has 3 N–H and O–H groups in total. The number of hydrogen-bond acceptors (Lipinski definition) is 3. The molecule has 0 saturated carbocycles. The average molecular weight is 357 g/mol. The van der Waals surface area contributed by atoms with Crippen molar-refractivity contribution in [3.8, 4) is 0 Å². The first-order valence-corrected chi connectivity index (χ1v) is 8.24. The van der Waals surface area contributed by atoms with E-state index in [4.69, 9.17) is 5.11 Å². The Balaban J connectivity index is 0.00000529. The van der Waals surface area contributed by atoms with Crippen molar-refractivity contribution in [2.75, 3.05) is 6.54 Å². The molecule has 0 aliphatic rings. The van der Waals surface area contributed by atoms with E-state index in [2.05, 4.69) is 24.5 Å². The summed E-state index contributed by atoms with van der Waals surface area (Å²) in [6.07, 6.45) is 2.11. The van der Waals surface area contributed by atoms with Gasteiger partial charge in [-0.15, -0.1) is 12.4 Å². The van der Waals surface area contributed by atoms with Crippen molar-refractivity contribution in [3.63, 3.8) is 0 Å². The van der Waals surface area contributed by atoms with Crippen LogP contribution in [0.15, 0.2) is 30.3 Å². The molecule has 0 saturated heterocycles. The Hall–Kier alpha value is -1.59. The lowest BCUT2D eigenvalue weighted by molar-refractivity contribution is -0.139. The second kappa shape index (κ2) is 11.9. The number of carbonyl (C=O) groups excluding carboxylic acids is 1. The van der Waals surface area contributed by atoms with E-state index < -0.39 is 12.0 Å². The SMILES string of the molecule is CCCC(NCC(=O)NC(CC(C)C)c1ccccc1)C(=O)O.Cl. The molecule has 0 heterocycles. The number of benzene rings is 1. The van der Waals surface area contributed by atoms with Crippen molar-refractivity contribution in [2.24, 2.45) is 5.92 Å². The standard InChI is InChI=1S/C18H28N2O3.ClH/c1-4-8-15(18(22)23)19-12-17(21)20-16(11-13(2)3)14-9-6-5-7-10-14;/h5-7,9-10,13,15-16,19H,4,8,11-12H2,1-3H3,(H,20,21)(H,22,23);1H. The fraction of sp³-hybridized carbons (Fsp3) is 0.556. The molecule has 0 fully saturated rings. The number of nitrogens with one attached hydrogen (secondary N) is 2. The largest absolute Gasteiger partial charge is 0.480 e. The number of aliphatic carboxylic acids is 1. The lowest BCUT2D eigenvalue weighted by Gasteiger charge is -2.22. The van der Waals surface area contributed by atoms with Crippen LogP contribution in [-0.2, 0) is 9.59 Å². The third kappa shape index (κ3) is 8.31. The molecule has 2 atom stereocenters. The first-order valence-electron chi connectivity index (χ1n) is 8.24. The molecule has 2 unspecified atom stereocenters. The number of rotatable bonds is 10. The summed E-state index contributed by atoms with van der Waals surface area (Å²) in [5.74, 6) is -0.649. The maximum absolute atomic E-state index is 12.2. The third-order valence-electron chi connectivity index (χ3n) is 3.63. The summed E-state index contributed by atoms with van der Waals surface area (Å²) < 4.78 is 0. The monoisotopic (exact) mass is 356 g/mol. The minimum Gasteiger partial charge on any atom is -0.480 e. The van der Waals surface area contributed by atoms with E-state index in [1.165, 1.54) is 0 Å². The van der Waals surface area contributed by atoms with Gasteiger partial charge in [-0.3, -0.25) is 14.9 Å². The maximum atomic E-state index is 12.2. The summed E-state index contributed by atoms with van der Waals surface area (Å²) in [7, 11) is 0. The van der Waals surface area contributed by atoms with E-state index in [0.717, 1.165) is 18.4 Å². The average Bonchev–Trinajstić information content (AvgIpc) is 2.51. The quantitative estimate of drug-likeness (QED) is 0.601. The second-order valence-electron chi connectivity index (χ2n) is 6.22. The Bertz CT molecular complexity index is 494. The molecule has 1 rings (SSSR count). The van der Waals surface area contributed by atoms with Crippen LogP contribution in [0.4, 0.5) is 0 Å². The molecule has 1 amide bonds. The van der Waals surface area contributed by atoms with Gasteiger partial charge in [0.05, 0.1) is 12.6 Å². The summed E-state index contributed by atoms with van der Waals surface area (Å²) >= 11 is 0. The van der Waals surface area contributed by atoms with Crippen LogP contribution >= 0.6 is 12.4 Å². The molecule has 0 aromatic heterocycles. The highest BCUT2D eigenvalue weighted by atomic mass is 35.5. The number of carbonyl (C=O) groups is 2. The molecule has 136 valence electrons. The van der Waals surface area contributed by atoms with E-state index in [1.54, 1.807) is 0 Å². The third-order valence-corrected chi connectivity index (χ3v) is 3.63. The predicted molar refractivity (Wildman–Crippen MR) is 98.4 cm³/mol. The van der Waals surface area contributed by atoms with Crippen LogP contribution in [0.2, 0.25) is 0 Å². The smallest absolute Gasteiger partial charge is 0.320 e. The van der Waals surface area contributed by atoms with Crippen molar-refractivity contribution in [1.82, 2.24) is 10.6 Å². The van der Waals surface area contributed by atoms with Gasteiger partial charge in [0.1, 0.15) is 6.04 Å². The molecular weight excluding hydrogens is 328 g/mol. The van der Waals surface area contributed by atoms with Crippen LogP contribution in [0.25, 0.3) is 0 Å². The fourth-order valence-corrected chi connectivity index (χ4v) is 2.50. The van der Waals surface area contributed by atoms with Gasteiger partial charge in [-0.25, -0.2) is 0 Å². The lowest BCUT2D eigenvalue weighted by atomic mass is 9.97. The van der Waals surface area contributed by atoms with Crippen molar-refractivity contribution < 1.29 is 14.7 Å². The molecule has 1 aromatic rings. The number of halogens is 1. The molecule has 0 aliphatic heterocycles. The first kappa shape index (κ1) is 22.4. The van der Waals surface area contributed by atoms with Crippen molar-refractivity contribution in [1.29, 1.82) is 0 Å². The Labute approximate surface area is 150 Å². The van der Waals surface area contributed by atoms with E-state index in [9.17, 15) is 9.59 Å². The zero-order valence-corrected chi connectivity index (χ0v) is 15.4. The van der Waals surface area contributed by atoms with Gasteiger partial charge in [-0.2, -0.15) is 0 Å². The fourth-order valence-electron chi connectivity index (χ4n) is 2.50. The van der Waals surface area contributed by atoms with Gasteiger partial charge < -0.3 is 10.4 Å². The predicted octanol–water partition coefficient (Wildman–Crippen LogP) is 3.15. The summed E-state index contributed by atoms with van der Waals surface area (Å²) in [5.41, 5.74) is 1.07. The summed E-state index contributed by atoms with van der Waals surface area (Å²) in [5, 5.41) is 14.9. The van der Waals surface area contributed by atoms with Gasteiger partial charge in [-0.1, -0.05) is 57.5 Å². The normalized spacial score (nSPS) is 13.0. The van der Waals surface area contributed by atoms with Gasteiger partial charge in [-0.05, 0) is 24.3 Å². The van der Waals surface area contributed by atoms with Crippen LogP contribution in [0.3, 0.4) is 0 Å². The van der Waals surface area contributed by atoms with Crippen LogP contribution in [0.1, 0.15) is 51.6 Å². The highest BCUT2D eigenvalue weighted by Crippen LogP contribution is 2.20. The van der Waals surface area contributed by atoms with Gasteiger partial charge in [0.15, 0.2) is 0 Å². The molecular formula is C18H29ClN2O3. The number of hydrogen-bond donors (Lipinski definition) is 3. The molecule has 0 radical (unpaired) electrons. The van der Waals surface area contributed by atoms with Crippen molar-refractivity contribution in [2.45, 2.75) is 52.1 Å². The zero-order chi connectivity index (χ0) is 17.2.